The number of hydrogen-bond acceptors (Lipinski definition) is 5. The fourth-order valence-electron chi connectivity index (χ4n) is 1.36. The number of nitrogens with one attached hydrogen (secondary N) is 2. The SMILES string of the molecule is O=S(=O)(Nc1ncccn1)c1ccc(NC(=S)Cl)cc1. The van der Waals surface area contributed by atoms with E-state index in [0.717, 1.165) is 0 Å². The van der Waals surface area contributed by atoms with Crippen LogP contribution in [0.2, 0.25) is 0 Å². The van der Waals surface area contributed by atoms with E-state index in [4.69, 9.17) is 11.6 Å². The Labute approximate surface area is 126 Å². The Balaban J connectivity index is 2.19. The first-order valence-corrected chi connectivity index (χ1v) is 7.61. The summed E-state index contributed by atoms with van der Waals surface area (Å²) in [6, 6.07) is 7.53. The first kappa shape index (κ1) is 14.6. The van der Waals surface area contributed by atoms with Crippen molar-refractivity contribution in [2.24, 2.45) is 0 Å². The standard InChI is InChI=1S/C11H9ClN4O2S2/c12-10(19)15-8-2-4-9(5-3-8)20(17,18)16-11-13-6-1-7-14-11/h1-7H,(H,15,19)(H,13,14,16). The van der Waals surface area contributed by atoms with Crippen LogP contribution in [0.5, 0.6) is 0 Å². The molecule has 0 saturated heterocycles. The number of hydrogen-bond donors (Lipinski definition) is 2. The van der Waals surface area contributed by atoms with Crippen LogP contribution in [-0.4, -0.2) is 22.8 Å². The summed E-state index contributed by atoms with van der Waals surface area (Å²) in [5, 5.41) is 2.69. The Morgan fingerprint density at radius 3 is 2.30 bits per heavy atom. The van der Waals surface area contributed by atoms with Gasteiger partial charge in [0.1, 0.15) is 0 Å². The number of aromatic nitrogens is 2. The molecule has 1 aromatic heterocycles. The van der Waals surface area contributed by atoms with E-state index in [1.807, 2.05) is 0 Å². The zero-order valence-electron chi connectivity index (χ0n) is 9.95. The Morgan fingerprint density at radius 1 is 1.15 bits per heavy atom. The smallest absolute Gasteiger partial charge is 0.264 e. The molecule has 0 spiro atoms. The molecule has 2 aromatic rings. The van der Waals surface area contributed by atoms with Gasteiger partial charge in [-0.3, -0.25) is 0 Å². The van der Waals surface area contributed by atoms with Crippen molar-refractivity contribution >= 4 is 49.9 Å². The molecule has 0 atom stereocenters. The highest BCUT2D eigenvalue weighted by Crippen LogP contribution is 2.16. The number of anilines is 2. The molecular weight excluding hydrogens is 320 g/mol. The van der Waals surface area contributed by atoms with E-state index < -0.39 is 10.0 Å². The van der Waals surface area contributed by atoms with Crippen LogP contribution in [-0.2, 0) is 10.0 Å². The fourth-order valence-corrected chi connectivity index (χ4v) is 2.55. The lowest BCUT2D eigenvalue weighted by Crippen LogP contribution is -2.14. The predicted molar refractivity (Wildman–Crippen MR) is 81.4 cm³/mol. The molecule has 0 unspecified atom stereocenters. The molecule has 20 heavy (non-hydrogen) atoms. The highest BCUT2D eigenvalue weighted by Gasteiger charge is 2.15. The number of nitrogens with zero attached hydrogens (tertiary/aromatic N) is 2. The molecule has 6 nitrogen and oxygen atoms in total. The van der Waals surface area contributed by atoms with Gasteiger partial charge < -0.3 is 5.32 Å². The highest BCUT2D eigenvalue weighted by molar-refractivity contribution is 7.92. The molecule has 104 valence electrons. The summed E-state index contributed by atoms with van der Waals surface area (Å²) in [7, 11) is -3.73. The second-order valence-corrected chi connectivity index (χ2v) is 6.29. The topological polar surface area (TPSA) is 84.0 Å². The van der Waals surface area contributed by atoms with Crippen LogP contribution in [0.25, 0.3) is 0 Å². The van der Waals surface area contributed by atoms with Gasteiger partial charge in [-0.2, -0.15) is 0 Å². The van der Waals surface area contributed by atoms with Gasteiger partial charge in [0.05, 0.1) is 4.90 Å². The van der Waals surface area contributed by atoms with Crippen molar-refractivity contribution in [1.29, 1.82) is 0 Å². The summed E-state index contributed by atoms with van der Waals surface area (Å²) in [5.41, 5.74) is 0.597. The number of sulfonamides is 1. The molecule has 1 aromatic carbocycles. The van der Waals surface area contributed by atoms with E-state index in [9.17, 15) is 8.42 Å². The van der Waals surface area contributed by atoms with E-state index in [0.29, 0.717) is 5.69 Å². The van der Waals surface area contributed by atoms with Gasteiger partial charge in [0.25, 0.3) is 10.0 Å². The summed E-state index contributed by atoms with van der Waals surface area (Å²) >= 11 is 10.2. The molecule has 1 heterocycles. The Kier molecular flexibility index (Phi) is 4.48. The lowest BCUT2D eigenvalue weighted by atomic mass is 10.3. The van der Waals surface area contributed by atoms with Crippen LogP contribution in [0.15, 0.2) is 47.6 Å². The van der Waals surface area contributed by atoms with Crippen molar-refractivity contribution in [1.82, 2.24) is 9.97 Å². The molecule has 0 fully saturated rings. The van der Waals surface area contributed by atoms with Gasteiger partial charge in [0.15, 0.2) is 4.45 Å². The maximum Gasteiger partial charge on any atom is 0.264 e. The normalized spacial score (nSPS) is 10.8. The minimum absolute atomic E-state index is 0.0108. The minimum atomic E-state index is -3.73. The van der Waals surface area contributed by atoms with E-state index in [1.165, 1.54) is 24.5 Å². The van der Waals surface area contributed by atoms with Crippen LogP contribution in [0, 0.1) is 0 Å². The first-order chi connectivity index (χ1) is 9.47. The summed E-state index contributed by atoms with van der Waals surface area (Å²) in [6.07, 6.45) is 2.89. The second kappa shape index (κ2) is 6.12. The van der Waals surface area contributed by atoms with Crippen LogP contribution < -0.4 is 10.0 Å². The molecule has 2 N–H and O–H groups in total. The quantitative estimate of drug-likeness (QED) is 0.508. The third kappa shape index (κ3) is 3.86. The van der Waals surface area contributed by atoms with Gasteiger partial charge in [-0.25, -0.2) is 23.1 Å². The van der Waals surface area contributed by atoms with Crippen molar-refractivity contribution in [2.75, 3.05) is 10.0 Å². The highest BCUT2D eigenvalue weighted by atomic mass is 35.5. The van der Waals surface area contributed by atoms with Crippen molar-refractivity contribution in [3.05, 3.63) is 42.7 Å². The Hall–Kier alpha value is -1.77. The molecule has 0 bridgehead atoms. The van der Waals surface area contributed by atoms with Gasteiger partial charge in [0.2, 0.25) is 5.95 Å². The van der Waals surface area contributed by atoms with Gasteiger partial charge >= 0.3 is 0 Å². The summed E-state index contributed by atoms with van der Waals surface area (Å²) < 4.78 is 26.5. The van der Waals surface area contributed by atoms with Crippen LogP contribution in [0.4, 0.5) is 11.6 Å². The molecule has 0 aliphatic heterocycles. The van der Waals surface area contributed by atoms with E-state index >= 15 is 0 Å². The maximum absolute atomic E-state index is 12.1. The van der Waals surface area contributed by atoms with Crippen molar-refractivity contribution in [2.45, 2.75) is 4.90 Å². The number of thiocarbonyl (C=S) groups is 1. The third-order valence-corrected chi connectivity index (χ3v) is 3.74. The molecular formula is C11H9ClN4O2S2. The second-order valence-electron chi connectivity index (χ2n) is 3.60. The zero-order valence-corrected chi connectivity index (χ0v) is 12.3. The molecule has 2 rings (SSSR count). The molecule has 0 aliphatic rings. The average molecular weight is 329 g/mol. The lowest BCUT2D eigenvalue weighted by Gasteiger charge is -2.07. The third-order valence-electron chi connectivity index (χ3n) is 2.20. The van der Waals surface area contributed by atoms with Crippen LogP contribution >= 0.6 is 23.8 Å². The van der Waals surface area contributed by atoms with Crippen molar-refractivity contribution in [3.63, 3.8) is 0 Å². The van der Waals surface area contributed by atoms with Crippen LogP contribution in [0.3, 0.4) is 0 Å². The molecule has 9 heteroatoms. The molecule has 0 radical (unpaired) electrons. The lowest BCUT2D eigenvalue weighted by molar-refractivity contribution is 0.601. The molecule has 0 amide bonds. The molecule has 0 aliphatic carbocycles. The van der Waals surface area contributed by atoms with Gasteiger partial charge in [-0.05, 0) is 42.5 Å². The number of rotatable bonds is 4. The van der Waals surface area contributed by atoms with E-state index in [2.05, 4.69) is 32.2 Å². The first-order valence-electron chi connectivity index (χ1n) is 5.34. The monoisotopic (exact) mass is 328 g/mol. The summed E-state index contributed by atoms with van der Waals surface area (Å²) in [6.45, 7) is 0. The Bertz CT molecular complexity index is 705. The predicted octanol–water partition coefficient (Wildman–Crippen LogP) is 2.21. The van der Waals surface area contributed by atoms with E-state index in [1.54, 1.807) is 18.2 Å². The Morgan fingerprint density at radius 2 is 1.75 bits per heavy atom. The zero-order chi connectivity index (χ0) is 14.6. The fraction of sp³-hybridized carbons (Fsp3) is 0. The van der Waals surface area contributed by atoms with Crippen LogP contribution in [0.1, 0.15) is 0 Å². The van der Waals surface area contributed by atoms with Crippen molar-refractivity contribution in [3.8, 4) is 0 Å². The maximum atomic E-state index is 12.1. The van der Waals surface area contributed by atoms with Crippen molar-refractivity contribution < 1.29 is 8.42 Å². The van der Waals surface area contributed by atoms with Gasteiger partial charge in [-0.15, -0.1) is 0 Å². The summed E-state index contributed by atoms with van der Waals surface area (Å²) in [5.74, 6) is 0.0108. The average Bonchev–Trinajstić information content (AvgIpc) is 2.39. The molecule has 0 saturated carbocycles. The number of benzene rings is 1. The van der Waals surface area contributed by atoms with Gasteiger partial charge in [-0.1, -0.05) is 11.6 Å². The summed E-state index contributed by atoms with van der Waals surface area (Å²) in [4.78, 5) is 7.68. The largest absolute Gasteiger partial charge is 0.337 e. The van der Waals surface area contributed by atoms with Gasteiger partial charge in [0, 0.05) is 18.1 Å². The van der Waals surface area contributed by atoms with E-state index in [-0.39, 0.29) is 15.3 Å². The minimum Gasteiger partial charge on any atom is -0.337 e. The number of halogens is 1.